The molecule has 0 aliphatic rings. The van der Waals surface area contributed by atoms with E-state index in [0.29, 0.717) is 30.3 Å². The van der Waals surface area contributed by atoms with Crippen molar-refractivity contribution in [3.05, 3.63) is 68.0 Å². The molecule has 10 heteroatoms. The number of carboxylic acid groups (broad SMARTS) is 1. The van der Waals surface area contributed by atoms with Gasteiger partial charge in [-0.15, -0.1) is 0 Å². The molecule has 0 aromatic heterocycles. The highest BCUT2D eigenvalue weighted by atomic mass is 16.5. The van der Waals surface area contributed by atoms with Crippen LogP contribution in [0.1, 0.15) is 24.5 Å². The zero-order valence-electron chi connectivity index (χ0n) is 20.8. The second-order valence-corrected chi connectivity index (χ2v) is 8.12. The fraction of sp³-hybridized carbons (Fsp3) is 0.346. The molecule has 1 unspecified atom stereocenters. The molecule has 1 atom stereocenters. The zero-order valence-corrected chi connectivity index (χ0v) is 20.8. The minimum atomic E-state index is -1.12. The second kappa shape index (κ2) is 12.0. The van der Waals surface area contributed by atoms with Crippen molar-refractivity contribution in [3.63, 3.8) is 0 Å². The summed E-state index contributed by atoms with van der Waals surface area (Å²) in [6.07, 6.45) is 0.894. The average molecular weight is 498 g/mol. The Kier molecular flexibility index (Phi) is 8.77. The van der Waals surface area contributed by atoms with E-state index in [2.05, 4.69) is 16.0 Å². The van der Waals surface area contributed by atoms with Crippen molar-refractivity contribution in [1.29, 1.82) is 0 Å². The van der Waals surface area contributed by atoms with Crippen molar-refractivity contribution in [2.24, 2.45) is 0 Å². The number of carboxylic acids is 1. The predicted molar refractivity (Wildman–Crippen MR) is 139 cm³/mol. The fourth-order valence-electron chi connectivity index (χ4n) is 3.82. The Bertz CT molecular complexity index is 1260. The molecule has 0 saturated heterocycles. The lowest BCUT2D eigenvalue weighted by Crippen LogP contribution is -2.42. The van der Waals surface area contributed by atoms with Gasteiger partial charge in [0.25, 0.3) is 10.9 Å². The predicted octanol–water partition coefficient (Wildman–Crippen LogP) is 2.85. The number of nitrogens with one attached hydrogen (secondary N) is 3. The monoisotopic (exact) mass is 497 g/mol. The third kappa shape index (κ3) is 5.70. The number of hydrogen-bond acceptors (Lipinski definition) is 9. The van der Waals surface area contributed by atoms with Gasteiger partial charge in [0.15, 0.2) is 11.5 Å². The van der Waals surface area contributed by atoms with Crippen LogP contribution in [-0.4, -0.2) is 45.0 Å². The number of ether oxygens (including phenoxy) is 3. The molecule has 3 aromatic rings. The van der Waals surface area contributed by atoms with E-state index >= 15 is 0 Å². The molecule has 36 heavy (non-hydrogen) atoms. The molecule has 192 valence electrons. The standard InChI is InChI=1S/C26H31N3O7/c1-5-12-27-20-21(23(31)22(20)30)29-18(26(32)33)13-15-6-9-17(10-7-15)28-14-16-8-11-19(34-2)25(36-4)24(16)35-3/h6-11,18,27-29H,5,12-14H2,1-4H3,(H,32,33). The number of aliphatic carboxylic acids is 1. The minimum Gasteiger partial charge on any atom is -0.493 e. The minimum absolute atomic E-state index is 0.0306. The van der Waals surface area contributed by atoms with Crippen molar-refractivity contribution in [3.8, 4) is 17.2 Å². The van der Waals surface area contributed by atoms with Crippen molar-refractivity contribution in [2.45, 2.75) is 32.4 Å². The lowest BCUT2D eigenvalue weighted by atomic mass is 10.0. The van der Waals surface area contributed by atoms with Crippen LogP contribution in [0.5, 0.6) is 17.2 Å². The molecule has 10 nitrogen and oxygen atoms in total. The van der Waals surface area contributed by atoms with Crippen LogP contribution in [0.3, 0.4) is 0 Å². The van der Waals surface area contributed by atoms with Crippen molar-refractivity contribution in [2.75, 3.05) is 43.8 Å². The topological polar surface area (TPSA) is 135 Å². The maximum absolute atomic E-state index is 12.0. The Labute approximate surface area is 208 Å². The summed E-state index contributed by atoms with van der Waals surface area (Å²) in [5.74, 6) is 0.535. The van der Waals surface area contributed by atoms with Gasteiger partial charge in [-0.05, 0) is 36.2 Å². The Morgan fingerprint density at radius 3 is 2.14 bits per heavy atom. The third-order valence-corrected chi connectivity index (χ3v) is 5.74. The first-order chi connectivity index (χ1) is 17.3. The summed E-state index contributed by atoms with van der Waals surface area (Å²) in [7, 11) is 4.67. The van der Waals surface area contributed by atoms with Gasteiger partial charge < -0.3 is 35.3 Å². The SMILES string of the molecule is CCCNc1c(NC(Cc2ccc(NCc3ccc(OC)c(OC)c3OC)cc2)C(=O)O)c(=O)c1=O. The summed E-state index contributed by atoms with van der Waals surface area (Å²) in [5.41, 5.74) is 1.30. The van der Waals surface area contributed by atoms with Gasteiger partial charge in [-0.25, -0.2) is 4.79 Å². The number of benzene rings is 2. The Hall–Kier alpha value is -4.21. The summed E-state index contributed by atoms with van der Waals surface area (Å²) in [6.45, 7) is 2.90. The molecule has 3 rings (SSSR count). The van der Waals surface area contributed by atoms with Crippen LogP contribution in [0.4, 0.5) is 17.1 Å². The number of carbonyl (C=O) groups is 1. The number of methoxy groups -OCH3 is 3. The van der Waals surface area contributed by atoms with Gasteiger partial charge in [0, 0.05) is 30.8 Å². The maximum Gasteiger partial charge on any atom is 0.326 e. The van der Waals surface area contributed by atoms with Crippen LogP contribution in [-0.2, 0) is 17.8 Å². The van der Waals surface area contributed by atoms with E-state index in [0.717, 1.165) is 23.2 Å². The summed E-state index contributed by atoms with van der Waals surface area (Å²) in [6, 6.07) is 9.92. The molecule has 0 aliphatic heterocycles. The maximum atomic E-state index is 12.0. The van der Waals surface area contributed by atoms with Crippen LogP contribution in [0, 0.1) is 0 Å². The highest BCUT2D eigenvalue weighted by Gasteiger charge is 2.26. The van der Waals surface area contributed by atoms with Gasteiger partial charge in [-0.1, -0.05) is 19.1 Å². The molecule has 4 N–H and O–H groups in total. The molecule has 0 aliphatic carbocycles. The lowest BCUT2D eigenvalue weighted by molar-refractivity contribution is -0.137. The van der Waals surface area contributed by atoms with E-state index in [4.69, 9.17) is 14.2 Å². The number of hydrogen-bond donors (Lipinski definition) is 4. The molecule has 0 fully saturated rings. The first-order valence-electron chi connectivity index (χ1n) is 11.5. The van der Waals surface area contributed by atoms with Crippen LogP contribution < -0.4 is 41.0 Å². The van der Waals surface area contributed by atoms with E-state index in [1.54, 1.807) is 27.4 Å². The molecular formula is C26H31N3O7. The van der Waals surface area contributed by atoms with E-state index < -0.39 is 22.9 Å². The summed E-state index contributed by atoms with van der Waals surface area (Å²) in [4.78, 5) is 35.6. The highest BCUT2D eigenvalue weighted by Crippen LogP contribution is 2.39. The van der Waals surface area contributed by atoms with E-state index in [1.807, 2.05) is 37.3 Å². The van der Waals surface area contributed by atoms with Gasteiger partial charge in [-0.3, -0.25) is 9.59 Å². The smallest absolute Gasteiger partial charge is 0.326 e. The van der Waals surface area contributed by atoms with Gasteiger partial charge in [0.05, 0.1) is 21.3 Å². The van der Waals surface area contributed by atoms with Crippen molar-refractivity contribution in [1.82, 2.24) is 0 Å². The van der Waals surface area contributed by atoms with Gasteiger partial charge in [-0.2, -0.15) is 0 Å². The molecule has 0 radical (unpaired) electrons. The highest BCUT2D eigenvalue weighted by molar-refractivity contribution is 5.82. The molecule has 0 amide bonds. The zero-order chi connectivity index (χ0) is 26.2. The van der Waals surface area contributed by atoms with Gasteiger partial charge in [0.1, 0.15) is 17.4 Å². The second-order valence-electron chi connectivity index (χ2n) is 8.12. The summed E-state index contributed by atoms with van der Waals surface area (Å²) < 4.78 is 16.2. The third-order valence-electron chi connectivity index (χ3n) is 5.74. The average Bonchev–Trinajstić information content (AvgIpc) is 2.90. The van der Waals surface area contributed by atoms with Gasteiger partial charge >= 0.3 is 5.97 Å². The van der Waals surface area contributed by atoms with Crippen molar-refractivity contribution >= 4 is 23.0 Å². The van der Waals surface area contributed by atoms with E-state index in [1.165, 1.54) is 0 Å². The molecule has 0 spiro atoms. The number of rotatable bonds is 14. The quantitative estimate of drug-likeness (QED) is 0.246. The van der Waals surface area contributed by atoms with Crippen molar-refractivity contribution < 1.29 is 24.1 Å². The van der Waals surface area contributed by atoms with Crippen LogP contribution >= 0.6 is 0 Å². The Balaban J connectivity index is 1.67. The molecule has 0 saturated carbocycles. The molecule has 3 aromatic carbocycles. The molecule has 0 bridgehead atoms. The van der Waals surface area contributed by atoms with E-state index in [9.17, 15) is 19.5 Å². The first-order valence-corrected chi connectivity index (χ1v) is 11.5. The largest absolute Gasteiger partial charge is 0.493 e. The van der Waals surface area contributed by atoms with Gasteiger partial charge in [0.2, 0.25) is 5.75 Å². The van der Waals surface area contributed by atoms with Crippen LogP contribution in [0.15, 0.2) is 46.0 Å². The Morgan fingerprint density at radius 2 is 1.56 bits per heavy atom. The first kappa shape index (κ1) is 26.4. The molecule has 0 heterocycles. The number of anilines is 3. The van der Waals surface area contributed by atoms with Crippen LogP contribution in [0.2, 0.25) is 0 Å². The molecular weight excluding hydrogens is 466 g/mol. The van der Waals surface area contributed by atoms with Crippen LogP contribution in [0.25, 0.3) is 0 Å². The van der Waals surface area contributed by atoms with E-state index in [-0.39, 0.29) is 17.8 Å². The fourth-order valence-corrected chi connectivity index (χ4v) is 3.82. The summed E-state index contributed by atoms with van der Waals surface area (Å²) >= 11 is 0. The summed E-state index contributed by atoms with van der Waals surface area (Å²) in [5, 5.41) is 18.6. The lowest BCUT2D eigenvalue weighted by Gasteiger charge is -2.20. The Morgan fingerprint density at radius 1 is 0.889 bits per heavy atom. The normalized spacial score (nSPS) is 11.6.